The van der Waals surface area contributed by atoms with E-state index >= 15 is 0 Å². The van der Waals surface area contributed by atoms with Crippen molar-refractivity contribution in [3.63, 3.8) is 0 Å². The normalized spacial score (nSPS) is 11.0. The number of furan rings is 1. The summed E-state index contributed by atoms with van der Waals surface area (Å²) in [5.41, 5.74) is 0.0573. The van der Waals surface area contributed by atoms with Crippen molar-refractivity contribution < 1.29 is 31.9 Å². The first-order chi connectivity index (χ1) is 14.3. The average molecular weight is 450 g/mol. The molecule has 3 rings (SSSR count). The first-order valence-electron chi connectivity index (χ1n) is 8.52. The van der Waals surface area contributed by atoms with Crippen LogP contribution in [0.2, 0.25) is 5.02 Å². The summed E-state index contributed by atoms with van der Waals surface area (Å²) in [6.45, 7) is -0.256. The van der Waals surface area contributed by atoms with Gasteiger partial charge in [-0.15, -0.1) is 0 Å². The number of esters is 2. The molecule has 0 aliphatic rings. The number of benzene rings is 2. The first kappa shape index (κ1) is 21.4. The Kier molecular flexibility index (Phi) is 6.43. The summed E-state index contributed by atoms with van der Waals surface area (Å²) in [7, 11) is -2.73. The molecule has 0 aliphatic carbocycles. The van der Waals surface area contributed by atoms with Crippen molar-refractivity contribution in [2.45, 2.75) is 11.5 Å². The molecule has 2 aromatic carbocycles. The van der Waals surface area contributed by atoms with Crippen molar-refractivity contribution in [3.8, 4) is 0 Å². The molecule has 156 valence electrons. The molecule has 30 heavy (non-hydrogen) atoms. The topological polar surface area (TPSA) is 112 Å². The minimum absolute atomic E-state index is 0.00906. The molecule has 3 aromatic rings. The van der Waals surface area contributed by atoms with Crippen LogP contribution in [0.3, 0.4) is 0 Å². The van der Waals surface area contributed by atoms with E-state index in [1.807, 2.05) is 0 Å². The zero-order valence-electron chi connectivity index (χ0n) is 15.6. The Morgan fingerprint density at radius 3 is 2.40 bits per heavy atom. The lowest BCUT2D eigenvalue weighted by molar-refractivity contribution is 0.0439. The summed E-state index contributed by atoms with van der Waals surface area (Å²) < 4.78 is 42.5. The quantitative estimate of drug-likeness (QED) is 0.544. The van der Waals surface area contributed by atoms with Crippen molar-refractivity contribution in [2.24, 2.45) is 0 Å². The zero-order valence-corrected chi connectivity index (χ0v) is 17.2. The summed E-state index contributed by atoms with van der Waals surface area (Å²) in [5, 5.41) is 0.395. The Bertz CT molecular complexity index is 1170. The molecule has 8 nitrogen and oxygen atoms in total. The maximum Gasteiger partial charge on any atom is 0.373 e. The van der Waals surface area contributed by atoms with Crippen LogP contribution in [-0.4, -0.2) is 27.5 Å². The summed E-state index contributed by atoms with van der Waals surface area (Å²) in [5.74, 6) is -1.24. The minimum Gasteiger partial charge on any atom is -0.463 e. The van der Waals surface area contributed by atoms with Crippen LogP contribution in [0, 0.1) is 0 Å². The van der Waals surface area contributed by atoms with Gasteiger partial charge >= 0.3 is 11.9 Å². The Hall–Kier alpha value is -3.30. The SMILES string of the molecule is COC(=O)c1ccc(COC(=O)c2ccccc2NS(=O)(=O)c2ccc(Cl)cc2)o1. The molecule has 0 bridgehead atoms. The number of rotatable bonds is 7. The third kappa shape index (κ3) is 5.00. The Labute approximate surface area is 177 Å². The highest BCUT2D eigenvalue weighted by Crippen LogP contribution is 2.22. The second-order valence-corrected chi connectivity index (χ2v) is 8.06. The highest BCUT2D eigenvalue weighted by atomic mass is 35.5. The summed E-state index contributed by atoms with van der Waals surface area (Å²) >= 11 is 5.79. The molecule has 0 radical (unpaired) electrons. The number of sulfonamides is 1. The molecule has 0 unspecified atom stereocenters. The number of hydrogen-bond donors (Lipinski definition) is 1. The lowest BCUT2D eigenvalue weighted by Gasteiger charge is -2.12. The second kappa shape index (κ2) is 9.02. The van der Waals surface area contributed by atoms with Gasteiger partial charge in [-0.1, -0.05) is 23.7 Å². The van der Waals surface area contributed by atoms with Crippen molar-refractivity contribution in [1.29, 1.82) is 0 Å². The highest BCUT2D eigenvalue weighted by Gasteiger charge is 2.20. The number of anilines is 1. The van der Waals surface area contributed by atoms with Gasteiger partial charge in [0.1, 0.15) is 12.4 Å². The lowest BCUT2D eigenvalue weighted by atomic mass is 10.2. The molecule has 0 fully saturated rings. The van der Waals surface area contributed by atoms with E-state index in [9.17, 15) is 18.0 Å². The van der Waals surface area contributed by atoms with Crippen LogP contribution in [0.1, 0.15) is 26.7 Å². The van der Waals surface area contributed by atoms with Gasteiger partial charge < -0.3 is 13.9 Å². The van der Waals surface area contributed by atoms with Crippen LogP contribution in [0.15, 0.2) is 70.0 Å². The molecule has 1 heterocycles. The van der Waals surface area contributed by atoms with E-state index in [-0.39, 0.29) is 34.3 Å². The molecule has 0 amide bonds. The molecular weight excluding hydrogens is 434 g/mol. The van der Waals surface area contributed by atoms with Crippen LogP contribution >= 0.6 is 11.6 Å². The first-order valence-corrected chi connectivity index (χ1v) is 10.4. The molecule has 0 spiro atoms. The van der Waals surface area contributed by atoms with E-state index in [0.29, 0.717) is 5.02 Å². The van der Waals surface area contributed by atoms with E-state index in [1.165, 1.54) is 55.6 Å². The fourth-order valence-electron chi connectivity index (χ4n) is 2.45. The molecule has 1 N–H and O–H groups in total. The summed E-state index contributed by atoms with van der Waals surface area (Å²) in [4.78, 5) is 23.9. The fourth-order valence-corrected chi connectivity index (χ4v) is 3.65. The predicted octanol–water partition coefficient (Wildman–Crippen LogP) is 3.88. The van der Waals surface area contributed by atoms with E-state index in [1.54, 1.807) is 12.1 Å². The van der Waals surface area contributed by atoms with E-state index in [2.05, 4.69) is 9.46 Å². The molecule has 0 saturated carbocycles. The number of para-hydroxylation sites is 1. The Morgan fingerprint density at radius 2 is 1.70 bits per heavy atom. The monoisotopic (exact) mass is 449 g/mol. The lowest BCUT2D eigenvalue weighted by Crippen LogP contribution is -2.16. The maximum absolute atomic E-state index is 12.6. The minimum atomic E-state index is -3.95. The number of ether oxygens (including phenoxy) is 2. The van der Waals surface area contributed by atoms with Crippen LogP contribution in [-0.2, 0) is 26.1 Å². The van der Waals surface area contributed by atoms with Gasteiger partial charge in [-0.05, 0) is 48.5 Å². The largest absolute Gasteiger partial charge is 0.463 e. The van der Waals surface area contributed by atoms with Crippen LogP contribution in [0.5, 0.6) is 0 Å². The van der Waals surface area contributed by atoms with Crippen LogP contribution in [0.25, 0.3) is 0 Å². The summed E-state index contributed by atoms with van der Waals surface area (Å²) in [6.07, 6.45) is 0. The third-order valence-electron chi connectivity index (χ3n) is 3.91. The second-order valence-electron chi connectivity index (χ2n) is 5.94. The molecule has 0 saturated heterocycles. The van der Waals surface area contributed by atoms with Gasteiger partial charge in [-0.2, -0.15) is 0 Å². The van der Waals surface area contributed by atoms with Gasteiger partial charge in [0, 0.05) is 5.02 Å². The number of halogens is 1. The molecule has 0 atom stereocenters. The van der Waals surface area contributed by atoms with Gasteiger partial charge in [-0.3, -0.25) is 4.72 Å². The van der Waals surface area contributed by atoms with Gasteiger partial charge in [0.25, 0.3) is 10.0 Å². The van der Waals surface area contributed by atoms with Crippen LogP contribution < -0.4 is 4.72 Å². The van der Waals surface area contributed by atoms with E-state index in [4.69, 9.17) is 20.8 Å². The van der Waals surface area contributed by atoms with Crippen LogP contribution in [0.4, 0.5) is 5.69 Å². The predicted molar refractivity (Wildman–Crippen MR) is 108 cm³/mol. The Morgan fingerprint density at radius 1 is 1.00 bits per heavy atom. The van der Waals surface area contributed by atoms with E-state index in [0.717, 1.165) is 0 Å². The smallest absolute Gasteiger partial charge is 0.373 e. The molecule has 1 aromatic heterocycles. The number of hydrogen-bond acceptors (Lipinski definition) is 7. The van der Waals surface area contributed by atoms with Gasteiger partial charge in [0.15, 0.2) is 0 Å². The molecular formula is C20H16ClNO7S. The van der Waals surface area contributed by atoms with E-state index < -0.39 is 22.0 Å². The van der Waals surface area contributed by atoms with Crippen molar-refractivity contribution in [3.05, 3.63) is 82.8 Å². The number of carbonyl (C=O) groups excluding carboxylic acids is 2. The Balaban J connectivity index is 1.74. The maximum atomic E-state index is 12.6. The third-order valence-corrected chi connectivity index (χ3v) is 5.54. The molecule has 0 aliphatic heterocycles. The van der Waals surface area contributed by atoms with Gasteiger partial charge in [0.05, 0.1) is 23.3 Å². The number of nitrogens with one attached hydrogen (secondary N) is 1. The fraction of sp³-hybridized carbons (Fsp3) is 0.100. The number of methoxy groups -OCH3 is 1. The van der Waals surface area contributed by atoms with Gasteiger partial charge in [0.2, 0.25) is 5.76 Å². The summed E-state index contributed by atoms with van der Waals surface area (Å²) in [6, 6.07) is 14.5. The number of carbonyl (C=O) groups is 2. The zero-order chi connectivity index (χ0) is 21.7. The van der Waals surface area contributed by atoms with Crippen molar-refractivity contribution >= 4 is 39.3 Å². The highest BCUT2D eigenvalue weighted by molar-refractivity contribution is 7.92. The average Bonchev–Trinajstić information content (AvgIpc) is 3.21. The van der Waals surface area contributed by atoms with Crippen molar-refractivity contribution in [2.75, 3.05) is 11.8 Å². The molecule has 10 heteroatoms. The standard InChI is InChI=1S/C20H16ClNO7S/c1-27-20(24)18-11-8-14(29-18)12-28-19(23)16-4-2-3-5-17(16)22-30(25,26)15-9-6-13(21)7-10-15/h2-11,22H,12H2,1H3. The van der Waals surface area contributed by atoms with Gasteiger partial charge in [-0.25, -0.2) is 18.0 Å². The van der Waals surface area contributed by atoms with Crippen molar-refractivity contribution in [1.82, 2.24) is 0 Å².